The number of rotatable bonds is 3. The third-order valence-corrected chi connectivity index (χ3v) is 4.15. The summed E-state index contributed by atoms with van der Waals surface area (Å²) in [4.78, 5) is 12.0. The molecule has 0 radical (unpaired) electrons. The van der Waals surface area contributed by atoms with E-state index < -0.39 is 11.7 Å². The number of hydrogen-bond acceptors (Lipinski definition) is 5. The minimum Gasteiger partial charge on any atom is -0.317 e. The summed E-state index contributed by atoms with van der Waals surface area (Å²) in [6, 6.07) is 6.21. The minimum atomic E-state index is -0.469. The number of benzene rings is 1. The fourth-order valence-electron chi connectivity index (χ4n) is 2.10. The highest BCUT2D eigenvalue weighted by molar-refractivity contribution is 7.13. The lowest BCUT2D eigenvalue weighted by molar-refractivity contribution is 0.102. The second kappa shape index (κ2) is 5.64. The van der Waals surface area contributed by atoms with Crippen molar-refractivity contribution < 1.29 is 9.18 Å². The van der Waals surface area contributed by atoms with E-state index in [1.165, 1.54) is 23.5 Å². The molecule has 1 aliphatic heterocycles. The molecular weight excluding hydrogens is 279 g/mol. The first-order valence-corrected chi connectivity index (χ1v) is 7.18. The van der Waals surface area contributed by atoms with E-state index in [9.17, 15) is 9.18 Å². The van der Waals surface area contributed by atoms with Gasteiger partial charge in [-0.2, -0.15) is 0 Å². The summed E-state index contributed by atoms with van der Waals surface area (Å²) in [5.74, 6) is -0.903. The van der Waals surface area contributed by atoms with Crippen LogP contribution in [0.5, 0.6) is 0 Å². The van der Waals surface area contributed by atoms with Crippen LogP contribution in [0.3, 0.4) is 0 Å². The molecule has 2 aromatic rings. The van der Waals surface area contributed by atoms with Crippen LogP contribution in [-0.4, -0.2) is 22.6 Å². The molecule has 3 rings (SSSR count). The maximum Gasteiger partial charge on any atom is 0.286 e. The van der Waals surface area contributed by atoms with Gasteiger partial charge in [-0.05, 0) is 31.5 Å². The molecule has 7 heteroatoms. The highest BCUT2D eigenvalue weighted by atomic mass is 32.1. The van der Waals surface area contributed by atoms with Crippen molar-refractivity contribution in [3.63, 3.8) is 0 Å². The molecule has 0 aliphatic carbocycles. The molecule has 1 fully saturated rings. The van der Waals surface area contributed by atoms with Crippen LogP contribution in [0.4, 0.5) is 10.1 Å². The van der Waals surface area contributed by atoms with Crippen LogP contribution in [0, 0.1) is 5.82 Å². The summed E-state index contributed by atoms with van der Waals surface area (Å²) >= 11 is 1.24. The largest absolute Gasteiger partial charge is 0.317 e. The summed E-state index contributed by atoms with van der Waals surface area (Å²) in [5, 5.41) is 14.8. The first-order chi connectivity index (χ1) is 9.74. The lowest BCUT2D eigenvalue weighted by Gasteiger charge is -2.04. The van der Waals surface area contributed by atoms with Crippen LogP contribution in [0.25, 0.3) is 0 Å². The number of aromatic nitrogens is 2. The molecule has 0 bridgehead atoms. The zero-order chi connectivity index (χ0) is 13.9. The van der Waals surface area contributed by atoms with Crippen molar-refractivity contribution >= 4 is 22.9 Å². The molecule has 1 aliphatic rings. The number of carbonyl (C=O) groups excluding carboxylic acids is 1. The molecule has 5 nitrogen and oxygen atoms in total. The Balaban J connectivity index is 1.73. The average Bonchev–Trinajstić information content (AvgIpc) is 3.11. The van der Waals surface area contributed by atoms with Gasteiger partial charge in [0.15, 0.2) is 0 Å². The third-order valence-electron chi connectivity index (χ3n) is 3.12. The highest BCUT2D eigenvalue weighted by Crippen LogP contribution is 2.26. The van der Waals surface area contributed by atoms with Crippen molar-refractivity contribution in [1.82, 2.24) is 15.5 Å². The molecule has 1 saturated heterocycles. The Morgan fingerprint density at radius 3 is 3.00 bits per heavy atom. The molecule has 1 aromatic heterocycles. The van der Waals surface area contributed by atoms with Gasteiger partial charge in [0.05, 0.1) is 11.7 Å². The number of para-hydroxylation sites is 1. The van der Waals surface area contributed by atoms with Gasteiger partial charge < -0.3 is 10.6 Å². The Bertz CT molecular complexity index is 624. The first-order valence-electron chi connectivity index (χ1n) is 6.37. The van der Waals surface area contributed by atoms with Crippen molar-refractivity contribution in [2.24, 2.45) is 0 Å². The first kappa shape index (κ1) is 13.1. The van der Waals surface area contributed by atoms with Gasteiger partial charge in [0.1, 0.15) is 10.8 Å². The number of nitrogens with zero attached hydrogens (tertiary/aromatic N) is 2. The number of nitrogens with one attached hydrogen (secondary N) is 2. The molecule has 0 saturated carbocycles. The van der Waals surface area contributed by atoms with E-state index in [0.29, 0.717) is 0 Å². The number of anilines is 1. The Kier molecular flexibility index (Phi) is 3.70. The Morgan fingerprint density at radius 2 is 2.25 bits per heavy atom. The predicted molar refractivity (Wildman–Crippen MR) is 74.2 cm³/mol. The van der Waals surface area contributed by atoms with Gasteiger partial charge in [-0.1, -0.05) is 23.5 Å². The highest BCUT2D eigenvalue weighted by Gasteiger charge is 2.22. The summed E-state index contributed by atoms with van der Waals surface area (Å²) < 4.78 is 13.5. The molecule has 1 atom stereocenters. The van der Waals surface area contributed by atoms with Gasteiger partial charge in [-0.3, -0.25) is 4.79 Å². The van der Waals surface area contributed by atoms with Gasteiger partial charge in [-0.15, -0.1) is 10.2 Å². The van der Waals surface area contributed by atoms with Crippen molar-refractivity contribution in [1.29, 1.82) is 0 Å². The molecule has 0 spiro atoms. The fraction of sp³-hybridized carbons (Fsp3) is 0.308. The van der Waals surface area contributed by atoms with E-state index in [2.05, 4.69) is 20.8 Å². The topological polar surface area (TPSA) is 66.9 Å². The van der Waals surface area contributed by atoms with Crippen molar-refractivity contribution in [3.8, 4) is 0 Å². The molecule has 0 unspecified atom stereocenters. The molecule has 1 aromatic carbocycles. The Labute approximate surface area is 119 Å². The van der Waals surface area contributed by atoms with Crippen LogP contribution < -0.4 is 10.6 Å². The monoisotopic (exact) mass is 292 g/mol. The van der Waals surface area contributed by atoms with E-state index in [4.69, 9.17) is 0 Å². The van der Waals surface area contributed by atoms with E-state index in [1.54, 1.807) is 12.1 Å². The molecule has 2 heterocycles. The molecule has 1 amide bonds. The van der Waals surface area contributed by atoms with Crippen molar-refractivity contribution in [2.45, 2.75) is 18.9 Å². The average molecular weight is 292 g/mol. The smallest absolute Gasteiger partial charge is 0.286 e. The maximum absolute atomic E-state index is 13.5. The van der Waals surface area contributed by atoms with Gasteiger partial charge in [-0.25, -0.2) is 4.39 Å². The minimum absolute atomic E-state index is 0.147. The third kappa shape index (κ3) is 2.68. The second-order valence-corrected chi connectivity index (χ2v) is 5.54. The quantitative estimate of drug-likeness (QED) is 0.911. The molecule has 20 heavy (non-hydrogen) atoms. The van der Waals surface area contributed by atoms with E-state index in [1.807, 2.05) is 0 Å². The van der Waals surface area contributed by atoms with Gasteiger partial charge >= 0.3 is 0 Å². The number of carbonyl (C=O) groups is 1. The van der Waals surface area contributed by atoms with Crippen LogP contribution in [0.1, 0.15) is 33.7 Å². The Morgan fingerprint density at radius 1 is 1.40 bits per heavy atom. The predicted octanol–water partition coefficient (Wildman–Crippen LogP) is 2.35. The molecule has 104 valence electrons. The number of amides is 1. The fourth-order valence-corrected chi connectivity index (χ4v) is 2.95. The maximum atomic E-state index is 13.5. The lowest BCUT2D eigenvalue weighted by atomic mass is 10.2. The molecule has 2 N–H and O–H groups in total. The van der Waals surface area contributed by atoms with Crippen LogP contribution in [0.15, 0.2) is 24.3 Å². The summed E-state index contributed by atoms with van der Waals surface area (Å²) in [6.45, 7) is 0.959. The molecular formula is C13H13FN4OS. The van der Waals surface area contributed by atoms with Gasteiger partial charge in [0.2, 0.25) is 5.01 Å². The zero-order valence-electron chi connectivity index (χ0n) is 10.6. The van der Waals surface area contributed by atoms with Gasteiger partial charge in [0, 0.05) is 0 Å². The number of halogens is 1. The summed E-state index contributed by atoms with van der Waals surface area (Å²) in [5.41, 5.74) is 0.147. The second-order valence-electron chi connectivity index (χ2n) is 4.53. The van der Waals surface area contributed by atoms with Crippen LogP contribution >= 0.6 is 11.3 Å². The SMILES string of the molecule is O=C(Nc1ccccc1F)c1nnc([C@@H]2CCCN2)s1. The van der Waals surface area contributed by atoms with E-state index in [0.717, 1.165) is 24.4 Å². The van der Waals surface area contributed by atoms with Crippen LogP contribution in [0.2, 0.25) is 0 Å². The van der Waals surface area contributed by atoms with E-state index in [-0.39, 0.29) is 16.7 Å². The summed E-state index contributed by atoms with van der Waals surface area (Å²) in [6.07, 6.45) is 2.10. The standard InChI is InChI=1S/C13H13FN4OS/c14-8-4-1-2-5-9(8)16-11(19)13-18-17-12(20-13)10-6-3-7-15-10/h1-2,4-5,10,15H,3,6-7H2,(H,16,19)/t10-/m0/s1. The van der Waals surface area contributed by atoms with Gasteiger partial charge in [0.25, 0.3) is 5.91 Å². The summed E-state index contributed by atoms with van der Waals surface area (Å²) in [7, 11) is 0. The Hall–Kier alpha value is -1.86. The zero-order valence-corrected chi connectivity index (χ0v) is 11.4. The van der Waals surface area contributed by atoms with Crippen molar-refractivity contribution in [2.75, 3.05) is 11.9 Å². The lowest BCUT2D eigenvalue weighted by Crippen LogP contribution is -2.12. The normalized spacial score (nSPS) is 18.1. The van der Waals surface area contributed by atoms with Crippen LogP contribution in [-0.2, 0) is 0 Å². The van der Waals surface area contributed by atoms with E-state index >= 15 is 0 Å². The number of hydrogen-bond donors (Lipinski definition) is 2. The van der Waals surface area contributed by atoms with Crippen molar-refractivity contribution in [3.05, 3.63) is 40.1 Å².